The molecule has 0 aliphatic carbocycles. The summed E-state index contributed by atoms with van der Waals surface area (Å²) in [5, 5.41) is 4.97. The van der Waals surface area contributed by atoms with Crippen LogP contribution >= 0.6 is 11.3 Å². The third-order valence-electron chi connectivity index (χ3n) is 4.68. The molecule has 9 heteroatoms. The molecule has 3 aromatic rings. The molecule has 1 aromatic heterocycles. The van der Waals surface area contributed by atoms with E-state index in [0.29, 0.717) is 10.8 Å². The minimum atomic E-state index is -3.84. The topological polar surface area (TPSA) is 97.4 Å². The van der Waals surface area contributed by atoms with Crippen molar-refractivity contribution in [3.05, 3.63) is 59.5 Å². The summed E-state index contributed by atoms with van der Waals surface area (Å²) >= 11 is 1.28. The quantitative estimate of drug-likeness (QED) is 0.529. The van der Waals surface area contributed by atoms with Gasteiger partial charge in [-0.2, -0.15) is 4.72 Å². The van der Waals surface area contributed by atoms with Crippen LogP contribution in [-0.4, -0.2) is 32.5 Å². The van der Waals surface area contributed by atoms with Gasteiger partial charge in [0.15, 0.2) is 5.13 Å². The number of anilines is 1. The number of hydrogen-bond donors (Lipinski definition) is 2. The summed E-state index contributed by atoms with van der Waals surface area (Å²) in [7, 11) is -2.24. The molecule has 31 heavy (non-hydrogen) atoms. The Hall–Kier alpha value is -2.75. The van der Waals surface area contributed by atoms with E-state index in [1.165, 1.54) is 23.5 Å². The van der Waals surface area contributed by atoms with Crippen molar-refractivity contribution in [1.82, 2.24) is 9.71 Å². The highest BCUT2D eigenvalue weighted by Gasteiger charge is 2.29. The first kappa shape index (κ1) is 22.9. The number of carbonyl (C=O) groups is 1. The fraction of sp³-hybridized carbons (Fsp3) is 0.273. The highest BCUT2D eigenvalue weighted by molar-refractivity contribution is 7.89. The number of thiazole rings is 1. The van der Waals surface area contributed by atoms with Gasteiger partial charge in [-0.25, -0.2) is 13.4 Å². The summed E-state index contributed by atoms with van der Waals surface area (Å²) in [6.07, 6.45) is 0. The minimum absolute atomic E-state index is 0.118. The van der Waals surface area contributed by atoms with Crippen molar-refractivity contribution < 1.29 is 17.9 Å². The summed E-state index contributed by atoms with van der Waals surface area (Å²) in [4.78, 5) is 17.4. The lowest BCUT2D eigenvalue weighted by Gasteiger charge is -2.21. The fourth-order valence-electron chi connectivity index (χ4n) is 2.85. The molecule has 0 saturated carbocycles. The number of rotatable bonds is 8. The number of hydrogen-bond acceptors (Lipinski definition) is 6. The molecule has 0 unspecified atom stereocenters. The van der Waals surface area contributed by atoms with Crippen LogP contribution in [0.4, 0.5) is 5.13 Å². The van der Waals surface area contributed by atoms with Crippen LogP contribution < -0.4 is 14.8 Å². The van der Waals surface area contributed by atoms with Gasteiger partial charge in [-0.15, -0.1) is 11.3 Å². The lowest BCUT2D eigenvalue weighted by molar-refractivity contribution is -0.118. The molecule has 0 aliphatic heterocycles. The van der Waals surface area contributed by atoms with Crippen LogP contribution in [0.3, 0.4) is 0 Å². The molecule has 2 N–H and O–H groups in total. The maximum Gasteiger partial charge on any atom is 0.244 e. The second-order valence-corrected chi connectivity index (χ2v) is 9.98. The number of methoxy groups -OCH3 is 1. The van der Waals surface area contributed by atoms with E-state index < -0.39 is 22.0 Å². The van der Waals surface area contributed by atoms with Crippen LogP contribution in [0.25, 0.3) is 11.3 Å². The van der Waals surface area contributed by atoms with Gasteiger partial charge in [-0.05, 0) is 49.2 Å². The summed E-state index contributed by atoms with van der Waals surface area (Å²) in [6.45, 7) is 5.45. The molecule has 0 saturated heterocycles. The van der Waals surface area contributed by atoms with Crippen molar-refractivity contribution in [3.63, 3.8) is 0 Å². The van der Waals surface area contributed by atoms with E-state index in [0.717, 1.165) is 16.9 Å². The molecule has 0 fully saturated rings. The Bertz CT molecular complexity index is 1140. The fourth-order valence-corrected chi connectivity index (χ4v) is 4.92. The number of aromatic nitrogens is 1. The van der Waals surface area contributed by atoms with E-state index in [-0.39, 0.29) is 10.8 Å². The van der Waals surface area contributed by atoms with Crippen LogP contribution in [0.2, 0.25) is 0 Å². The Morgan fingerprint density at radius 3 is 2.29 bits per heavy atom. The van der Waals surface area contributed by atoms with E-state index in [1.807, 2.05) is 36.6 Å². The van der Waals surface area contributed by atoms with Gasteiger partial charge in [0.05, 0.1) is 17.7 Å². The molecule has 0 spiro atoms. The lowest BCUT2D eigenvalue weighted by atomic mass is 10.1. The van der Waals surface area contributed by atoms with Gasteiger partial charge in [0, 0.05) is 10.9 Å². The van der Waals surface area contributed by atoms with Crippen molar-refractivity contribution in [2.75, 3.05) is 12.4 Å². The van der Waals surface area contributed by atoms with Crippen molar-refractivity contribution >= 4 is 32.4 Å². The highest BCUT2D eigenvalue weighted by Crippen LogP contribution is 2.27. The smallest absolute Gasteiger partial charge is 0.244 e. The van der Waals surface area contributed by atoms with Gasteiger partial charge in [-0.3, -0.25) is 4.79 Å². The Balaban J connectivity index is 1.73. The molecular formula is C22H25N3O4S2. The maximum absolute atomic E-state index is 12.9. The van der Waals surface area contributed by atoms with Gasteiger partial charge >= 0.3 is 0 Å². The maximum atomic E-state index is 12.9. The van der Waals surface area contributed by atoms with Gasteiger partial charge in [0.2, 0.25) is 15.9 Å². The van der Waals surface area contributed by atoms with Crippen molar-refractivity contribution in [2.24, 2.45) is 5.92 Å². The van der Waals surface area contributed by atoms with Crippen LogP contribution in [-0.2, 0) is 14.8 Å². The van der Waals surface area contributed by atoms with E-state index >= 15 is 0 Å². The van der Waals surface area contributed by atoms with E-state index in [2.05, 4.69) is 15.0 Å². The SMILES string of the molecule is COc1ccc(-c2csc(NC(=O)[C@H](NS(=O)(=O)c3ccc(C)cc3)C(C)C)n2)cc1. The summed E-state index contributed by atoms with van der Waals surface area (Å²) < 4.78 is 33.2. The van der Waals surface area contributed by atoms with Gasteiger partial charge in [-0.1, -0.05) is 31.5 Å². The Kier molecular flexibility index (Phi) is 7.09. The third kappa shape index (κ3) is 5.69. The average molecular weight is 460 g/mol. The summed E-state index contributed by atoms with van der Waals surface area (Å²) in [6, 6.07) is 13.0. The average Bonchev–Trinajstić information content (AvgIpc) is 3.20. The molecule has 3 rings (SSSR count). The zero-order valence-electron chi connectivity index (χ0n) is 17.7. The molecule has 7 nitrogen and oxygen atoms in total. The van der Waals surface area contributed by atoms with E-state index in [9.17, 15) is 13.2 Å². The second kappa shape index (κ2) is 9.59. The van der Waals surface area contributed by atoms with Gasteiger partial charge in [0.1, 0.15) is 11.8 Å². The van der Waals surface area contributed by atoms with Crippen LogP contribution in [0.15, 0.2) is 58.8 Å². The first-order valence-electron chi connectivity index (χ1n) is 9.69. The molecule has 1 atom stereocenters. The molecule has 0 aliphatic rings. The van der Waals surface area contributed by atoms with Gasteiger partial charge < -0.3 is 10.1 Å². The van der Waals surface area contributed by atoms with Crippen molar-refractivity contribution in [1.29, 1.82) is 0 Å². The summed E-state index contributed by atoms with van der Waals surface area (Å²) in [5.41, 5.74) is 2.55. The molecule has 1 heterocycles. The monoisotopic (exact) mass is 459 g/mol. The Labute approximate surface area is 186 Å². The number of nitrogens with one attached hydrogen (secondary N) is 2. The van der Waals surface area contributed by atoms with Crippen LogP contribution in [0.5, 0.6) is 5.75 Å². The molecule has 2 aromatic carbocycles. The number of sulfonamides is 1. The normalized spacial score (nSPS) is 12.5. The molecule has 1 amide bonds. The number of ether oxygens (including phenoxy) is 1. The number of aryl methyl sites for hydroxylation is 1. The molecule has 164 valence electrons. The first-order valence-corrected chi connectivity index (χ1v) is 12.1. The van der Waals surface area contributed by atoms with Crippen LogP contribution in [0, 0.1) is 12.8 Å². The standard InChI is InChI=1S/C22H25N3O4S2/c1-14(2)20(25-31(27,28)18-11-5-15(3)6-12-18)21(26)24-22-23-19(13-30-22)16-7-9-17(29-4)10-8-16/h5-14,20,25H,1-4H3,(H,23,24,26)/t20-/m1/s1. The number of benzene rings is 2. The zero-order valence-corrected chi connectivity index (χ0v) is 19.4. The minimum Gasteiger partial charge on any atom is -0.497 e. The predicted octanol–water partition coefficient (Wildman–Crippen LogP) is 4.07. The second-order valence-electron chi connectivity index (χ2n) is 7.41. The zero-order chi connectivity index (χ0) is 22.6. The largest absolute Gasteiger partial charge is 0.497 e. The van der Waals surface area contributed by atoms with E-state index in [4.69, 9.17) is 4.74 Å². The number of amides is 1. The van der Waals surface area contributed by atoms with Crippen LogP contribution in [0.1, 0.15) is 19.4 Å². The molecule has 0 bridgehead atoms. The summed E-state index contributed by atoms with van der Waals surface area (Å²) in [5.74, 6) is 0.0238. The Morgan fingerprint density at radius 1 is 1.06 bits per heavy atom. The van der Waals surface area contributed by atoms with Crippen molar-refractivity contribution in [2.45, 2.75) is 31.7 Å². The molecule has 0 radical (unpaired) electrons. The predicted molar refractivity (Wildman–Crippen MR) is 123 cm³/mol. The van der Waals surface area contributed by atoms with Gasteiger partial charge in [0.25, 0.3) is 0 Å². The lowest BCUT2D eigenvalue weighted by Crippen LogP contribution is -2.47. The first-order chi connectivity index (χ1) is 14.7. The highest BCUT2D eigenvalue weighted by atomic mass is 32.2. The number of nitrogens with zero attached hydrogens (tertiary/aromatic N) is 1. The number of carbonyl (C=O) groups excluding carboxylic acids is 1. The third-order valence-corrected chi connectivity index (χ3v) is 6.90. The molecular weight excluding hydrogens is 434 g/mol. The van der Waals surface area contributed by atoms with E-state index in [1.54, 1.807) is 33.1 Å². The Morgan fingerprint density at radius 2 is 1.71 bits per heavy atom. The van der Waals surface area contributed by atoms with Crippen molar-refractivity contribution in [3.8, 4) is 17.0 Å².